The summed E-state index contributed by atoms with van der Waals surface area (Å²) in [6.45, 7) is 4.50. The summed E-state index contributed by atoms with van der Waals surface area (Å²) in [6.07, 6.45) is 0. The van der Waals surface area contributed by atoms with Crippen LogP contribution in [0.5, 0.6) is 0 Å². The molecule has 1 aliphatic heterocycles. The Balaban J connectivity index is 1.54. The lowest BCUT2D eigenvalue weighted by molar-refractivity contribution is 0.208. The molecule has 1 aliphatic rings. The van der Waals surface area contributed by atoms with E-state index in [0.29, 0.717) is 31.9 Å². The Bertz CT molecular complexity index is 666. The van der Waals surface area contributed by atoms with Crippen LogP contribution < -0.4 is 10.2 Å². The summed E-state index contributed by atoms with van der Waals surface area (Å²) in [5.41, 5.74) is 1.47. The first-order valence-electron chi connectivity index (χ1n) is 7.48. The fourth-order valence-corrected chi connectivity index (χ4v) is 2.43. The molecule has 1 saturated heterocycles. The highest BCUT2D eigenvalue weighted by molar-refractivity contribution is 5.89. The minimum atomic E-state index is -0.323. The molecule has 2 heterocycles. The topological polar surface area (TPSA) is 61.4 Å². The average Bonchev–Trinajstić information content (AvgIpc) is 2.58. The van der Waals surface area contributed by atoms with Gasteiger partial charge in [-0.3, -0.25) is 0 Å². The molecule has 0 bridgehead atoms. The van der Waals surface area contributed by atoms with Gasteiger partial charge in [0.25, 0.3) is 0 Å². The molecule has 7 heteroatoms. The number of nitrogens with zero attached hydrogens (tertiary/aromatic N) is 4. The van der Waals surface area contributed by atoms with Crippen LogP contribution in [-0.4, -0.2) is 47.3 Å². The van der Waals surface area contributed by atoms with Gasteiger partial charge in [-0.25, -0.2) is 9.18 Å². The highest BCUT2D eigenvalue weighted by atomic mass is 19.1. The van der Waals surface area contributed by atoms with E-state index in [1.807, 2.05) is 19.1 Å². The van der Waals surface area contributed by atoms with Crippen LogP contribution in [0, 0.1) is 12.7 Å². The van der Waals surface area contributed by atoms with Gasteiger partial charge in [0.05, 0.1) is 5.69 Å². The van der Waals surface area contributed by atoms with Gasteiger partial charge in [0.1, 0.15) is 5.82 Å². The smallest absolute Gasteiger partial charge is 0.321 e. The van der Waals surface area contributed by atoms with E-state index in [1.54, 1.807) is 17.0 Å². The quantitative estimate of drug-likeness (QED) is 0.923. The fourth-order valence-electron chi connectivity index (χ4n) is 2.43. The van der Waals surface area contributed by atoms with Crippen molar-refractivity contribution in [2.45, 2.75) is 6.92 Å². The lowest BCUT2D eigenvalue weighted by Crippen LogP contribution is -2.50. The molecular weight excluding hydrogens is 297 g/mol. The van der Waals surface area contributed by atoms with E-state index in [4.69, 9.17) is 0 Å². The number of urea groups is 1. The summed E-state index contributed by atoms with van der Waals surface area (Å²) in [5.74, 6) is 0.505. The van der Waals surface area contributed by atoms with Crippen molar-refractivity contribution in [3.8, 4) is 0 Å². The van der Waals surface area contributed by atoms with Gasteiger partial charge >= 0.3 is 6.03 Å². The number of hydrogen-bond donors (Lipinski definition) is 1. The first kappa shape index (κ1) is 15.2. The van der Waals surface area contributed by atoms with Gasteiger partial charge in [0.2, 0.25) is 0 Å². The maximum absolute atomic E-state index is 12.9. The SMILES string of the molecule is Cc1ccc(N2CCN(C(=O)Nc3ccc(F)cc3)CC2)nn1. The molecular formula is C16H18FN5O. The summed E-state index contributed by atoms with van der Waals surface area (Å²) < 4.78 is 12.9. The molecule has 23 heavy (non-hydrogen) atoms. The van der Waals surface area contributed by atoms with Gasteiger partial charge in [-0.1, -0.05) is 0 Å². The predicted molar refractivity (Wildman–Crippen MR) is 86.0 cm³/mol. The van der Waals surface area contributed by atoms with E-state index in [1.165, 1.54) is 12.1 Å². The van der Waals surface area contributed by atoms with Crippen LogP contribution in [0.15, 0.2) is 36.4 Å². The lowest BCUT2D eigenvalue weighted by Gasteiger charge is -2.35. The molecule has 1 fully saturated rings. The number of halogens is 1. The molecule has 1 aromatic heterocycles. The Kier molecular flexibility index (Phi) is 4.36. The molecule has 3 rings (SSSR count). The van der Waals surface area contributed by atoms with E-state index in [0.717, 1.165) is 11.5 Å². The maximum atomic E-state index is 12.9. The van der Waals surface area contributed by atoms with Crippen molar-refractivity contribution >= 4 is 17.5 Å². The highest BCUT2D eigenvalue weighted by Crippen LogP contribution is 2.14. The second kappa shape index (κ2) is 6.60. The van der Waals surface area contributed by atoms with Crippen molar-refractivity contribution in [3.63, 3.8) is 0 Å². The summed E-state index contributed by atoms with van der Waals surface area (Å²) in [6, 6.07) is 9.43. The number of anilines is 2. The number of aryl methyl sites for hydroxylation is 1. The molecule has 0 unspecified atom stereocenters. The number of rotatable bonds is 2. The molecule has 1 aromatic carbocycles. The monoisotopic (exact) mass is 315 g/mol. The second-order valence-electron chi connectivity index (χ2n) is 5.44. The largest absolute Gasteiger partial charge is 0.352 e. The van der Waals surface area contributed by atoms with E-state index in [9.17, 15) is 9.18 Å². The number of aromatic nitrogens is 2. The fraction of sp³-hybridized carbons (Fsp3) is 0.312. The third kappa shape index (κ3) is 3.74. The third-order valence-electron chi connectivity index (χ3n) is 3.77. The zero-order valence-corrected chi connectivity index (χ0v) is 12.9. The summed E-state index contributed by atoms with van der Waals surface area (Å²) in [4.78, 5) is 16.1. The number of carbonyl (C=O) groups excluding carboxylic acids is 1. The van der Waals surface area contributed by atoms with Gasteiger partial charge < -0.3 is 15.1 Å². The maximum Gasteiger partial charge on any atom is 0.321 e. The van der Waals surface area contributed by atoms with Gasteiger partial charge in [-0.2, -0.15) is 5.10 Å². The molecule has 2 amide bonds. The molecule has 120 valence electrons. The van der Waals surface area contributed by atoms with Crippen LogP contribution in [0.4, 0.5) is 20.7 Å². The number of carbonyl (C=O) groups is 1. The Hall–Kier alpha value is -2.70. The van der Waals surface area contributed by atoms with Crippen molar-refractivity contribution in [2.24, 2.45) is 0 Å². The molecule has 6 nitrogen and oxygen atoms in total. The molecule has 0 radical (unpaired) electrons. The molecule has 0 aliphatic carbocycles. The zero-order chi connectivity index (χ0) is 16.2. The van der Waals surface area contributed by atoms with Gasteiger partial charge in [0.15, 0.2) is 5.82 Å². The first-order valence-corrected chi connectivity index (χ1v) is 7.48. The van der Waals surface area contributed by atoms with Crippen LogP contribution in [-0.2, 0) is 0 Å². The van der Waals surface area contributed by atoms with Gasteiger partial charge in [-0.05, 0) is 43.3 Å². The number of piperazine rings is 1. The molecule has 0 atom stereocenters. The average molecular weight is 315 g/mol. The number of nitrogens with one attached hydrogen (secondary N) is 1. The van der Waals surface area contributed by atoms with Crippen LogP contribution in [0.2, 0.25) is 0 Å². The molecule has 0 saturated carbocycles. The van der Waals surface area contributed by atoms with Crippen LogP contribution in [0.25, 0.3) is 0 Å². The number of hydrogen-bond acceptors (Lipinski definition) is 4. The molecule has 0 spiro atoms. The summed E-state index contributed by atoms with van der Waals surface area (Å²) in [5, 5.41) is 11.0. The Labute approximate surface area is 133 Å². The Morgan fingerprint density at radius 3 is 2.35 bits per heavy atom. The van der Waals surface area contributed by atoms with Crippen LogP contribution in [0.3, 0.4) is 0 Å². The highest BCUT2D eigenvalue weighted by Gasteiger charge is 2.22. The van der Waals surface area contributed by atoms with E-state index >= 15 is 0 Å². The Morgan fingerprint density at radius 1 is 1.04 bits per heavy atom. The minimum absolute atomic E-state index is 0.175. The molecule has 2 aromatic rings. The van der Waals surface area contributed by atoms with Gasteiger partial charge in [0, 0.05) is 31.9 Å². The van der Waals surface area contributed by atoms with Crippen molar-refractivity contribution in [1.82, 2.24) is 15.1 Å². The lowest BCUT2D eigenvalue weighted by atomic mass is 10.3. The normalized spacial score (nSPS) is 14.7. The molecule has 1 N–H and O–H groups in total. The predicted octanol–water partition coefficient (Wildman–Crippen LogP) is 2.28. The van der Waals surface area contributed by atoms with Crippen molar-refractivity contribution < 1.29 is 9.18 Å². The van der Waals surface area contributed by atoms with Crippen molar-refractivity contribution in [1.29, 1.82) is 0 Å². The standard InChI is InChI=1S/C16H18FN5O/c1-12-2-7-15(20-19-12)21-8-10-22(11-9-21)16(23)18-14-5-3-13(17)4-6-14/h2-7H,8-11H2,1H3,(H,18,23). The van der Waals surface area contributed by atoms with Crippen LogP contribution >= 0.6 is 0 Å². The first-order chi connectivity index (χ1) is 11.1. The van der Waals surface area contributed by atoms with Gasteiger partial charge in [-0.15, -0.1) is 5.10 Å². The van der Waals surface area contributed by atoms with Crippen molar-refractivity contribution in [2.75, 3.05) is 36.4 Å². The van der Waals surface area contributed by atoms with E-state index in [2.05, 4.69) is 20.4 Å². The third-order valence-corrected chi connectivity index (χ3v) is 3.77. The van der Waals surface area contributed by atoms with E-state index < -0.39 is 0 Å². The second-order valence-corrected chi connectivity index (χ2v) is 5.44. The minimum Gasteiger partial charge on any atom is -0.352 e. The number of amides is 2. The number of benzene rings is 1. The van der Waals surface area contributed by atoms with E-state index in [-0.39, 0.29) is 11.8 Å². The summed E-state index contributed by atoms with van der Waals surface area (Å²) >= 11 is 0. The van der Waals surface area contributed by atoms with Crippen LogP contribution in [0.1, 0.15) is 5.69 Å². The van der Waals surface area contributed by atoms with Crippen molar-refractivity contribution in [3.05, 3.63) is 47.9 Å². The Morgan fingerprint density at radius 2 is 1.74 bits per heavy atom. The zero-order valence-electron chi connectivity index (χ0n) is 12.9. The summed E-state index contributed by atoms with van der Waals surface area (Å²) in [7, 11) is 0.